The molecule has 0 saturated heterocycles. The lowest BCUT2D eigenvalue weighted by Gasteiger charge is -2.28. The van der Waals surface area contributed by atoms with E-state index in [0.29, 0.717) is 10.8 Å². The van der Waals surface area contributed by atoms with Crippen LogP contribution in [0.4, 0.5) is 5.69 Å². The van der Waals surface area contributed by atoms with Crippen molar-refractivity contribution in [1.82, 2.24) is 0 Å². The molecule has 1 aromatic rings. The second kappa shape index (κ2) is 7.00. The van der Waals surface area contributed by atoms with E-state index in [9.17, 15) is 13.2 Å². The van der Waals surface area contributed by atoms with Crippen molar-refractivity contribution in [2.45, 2.75) is 19.9 Å². The minimum Gasteiger partial charge on any atom is -0.495 e. The number of carbonyl (C=O) groups is 1. The van der Waals surface area contributed by atoms with Gasteiger partial charge in [-0.15, -0.1) is 0 Å². The molecule has 1 atom stereocenters. The summed E-state index contributed by atoms with van der Waals surface area (Å²) in [7, 11) is -2.33. The van der Waals surface area contributed by atoms with Gasteiger partial charge in [0.25, 0.3) is 0 Å². The SMILES string of the molecule is CCOC(=O)[C@@H](C)N(c1cc(Cl)ccc1OC)S(C)(=O)=O. The largest absolute Gasteiger partial charge is 0.495 e. The molecule has 0 radical (unpaired) electrons. The van der Waals surface area contributed by atoms with Crippen LogP contribution in [0.5, 0.6) is 5.75 Å². The molecule has 0 fully saturated rings. The van der Waals surface area contributed by atoms with E-state index in [4.69, 9.17) is 21.1 Å². The van der Waals surface area contributed by atoms with Crippen LogP contribution in [0, 0.1) is 0 Å². The quantitative estimate of drug-likeness (QED) is 0.744. The summed E-state index contributed by atoms with van der Waals surface area (Å²) >= 11 is 5.92. The van der Waals surface area contributed by atoms with Crippen molar-refractivity contribution in [3.05, 3.63) is 23.2 Å². The summed E-state index contributed by atoms with van der Waals surface area (Å²) in [6.45, 7) is 3.25. The lowest BCUT2D eigenvalue weighted by molar-refractivity contribution is -0.144. The number of esters is 1. The van der Waals surface area contributed by atoms with Crippen molar-refractivity contribution in [1.29, 1.82) is 0 Å². The number of methoxy groups -OCH3 is 1. The van der Waals surface area contributed by atoms with Gasteiger partial charge in [0.1, 0.15) is 11.8 Å². The van der Waals surface area contributed by atoms with E-state index in [1.54, 1.807) is 13.0 Å². The van der Waals surface area contributed by atoms with Crippen molar-refractivity contribution < 1.29 is 22.7 Å². The maximum Gasteiger partial charge on any atom is 0.329 e. The number of ether oxygens (including phenoxy) is 2. The van der Waals surface area contributed by atoms with E-state index < -0.39 is 22.0 Å². The number of anilines is 1. The summed E-state index contributed by atoms with van der Waals surface area (Å²) in [5.74, 6) is -0.356. The molecule has 0 saturated carbocycles. The number of nitrogens with zero attached hydrogens (tertiary/aromatic N) is 1. The predicted octanol–water partition coefficient (Wildman–Crippen LogP) is 2.07. The minimum absolute atomic E-state index is 0.160. The molecule has 0 unspecified atom stereocenters. The average molecular weight is 336 g/mol. The van der Waals surface area contributed by atoms with Crippen LogP contribution in [0.25, 0.3) is 0 Å². The van der Waals surface area contributed by atoms with Crippen molar-refractivity contribution in [2.75, 3.05) is 24.3 Å². The monoisotopic (exact) mass is 335 g/mol. The summed E-state index contributed by atoms with van der Waals surface area (Å²) in [5.41, 5.74) is 0.188. The van der Waals surface area contributed by atoms with Crippen LogP contribution >= 0.6 is 11.6 Å². The smallest absolute Gasteiger partial charge is 0.329 e. The first-order valence-electron chi connectivity index (χ1n) is 6.22. The second-order valence-corrected chi connectivity index (χ2v) is 6.60. The highest BCUT2D eigenvalue weighted by atomic mass is 35.5. The zero-order chi connectivity index (χ0) is 16.2. The number of halogens is 1. The molecule has 0 spiro atoms. The van der Waals surface area contributed by atoms with Crippen LogP contribution in [0.1, 0.15) is 13.8 Å². The molecule has 0 aliphatic rings. The fourth-order valence-electron chi connectivity index (χ4n) is 1.87. The van der Waals surface area contributed by atoms with Gasteiger partial charge >= 0.3 is 5.97 Å². The molecule has 0 aliphatic carbocycles. The lowest BCUT2D eigenvalue weighted by atomic mass is 10.2. The maximum absolute atomic E-state index is 12.1. The van der Waals surface area contributed by atoms with Crippen LogP contribution in [0.3, 0.4) is 0 Å². The second-order valence-electron chi connectivity index (χ2n) is 4.30. The van der Waals surface area contributed by atoms with Gasteiger partial charge in [0.15, 0.2) is 0 Å². The highest BCUT2D eigenvalue weighted by Crippen LogP contribution is 2.34. The Morgan fingerprint density at radius 3 is 2.52 bits per heavy atom. The van der Waals surface area contributed by atoms with E-state index in [1.165, 1.54) is 26.2 Å². The first-order chi connectivity index (χ1) is 9.72. The molecule has 0 bridgehead atoms. The molecule has 1 aromatic carbocycles. The molecule has 0 aliphatic heterocycles. The molecule has 1 rings (SSSR count). The molecule has 118 valence electrons. The van der Waals surface area contributed by atoms with Gasteiger partial charge in [0.05, 0.1) is 25.7 Å². The fraction of sp³-hybridized carbons (Fsp3) is 0.462. The number of hydrogen-bond acceptors (Lipinski definition) is 5. The molecule has 0 heterocycles. The molecule has 21 heavy (non-hydrogen) atoms. The molecular weight excluding hydrogens is 318 g/mol. The van der Waals surface area contributed by atoms with Crippen LogP contribution < -0.4 is 9.04 Å². The van der Waals surface area contributed by atoms with Gasteiger partial charge in [0.2, 0.25) is 10.0 Å². The minimum atomic E-state index is -3.74. The Morgan fingerprint density at radius 1 is 1.43 bits per heavy atom. The third-order valence-electron chi connectivity index (χ3n) is 2.72. The maximum atomic E-state index is 12.1. The molecule has 0 aromatic heterocycles. The van der Waals surface area contributed by atoms with Crippen LogP contribution in [-0.2, 0) is 19.6 Å². The van der Waals surface area contributed by atoms with Crippen molar-refractivity contribution in [2.24, 2.45) is 0 Å². The van der Waals surface area contributed by atoms with Crippen LogP contribution in [0.2, 0.25) is 5.02 Å². The third-order valence-corrected chi connectivity index (χ3v) is 4.18. The summed E-state index contributed by atoms with van der Waals surface area (Å²) < 4.78 is 35.1. The Morgan fingerprint density at radius 2 is 2.05 bits per heavy atom. The normalized spacial score (nSPS) is 12.6. The first-order valence-corrected chi connectivity index (χ1v) is 8.44. The highest BCUT2D eigenvalue weighted by molar-refractivity contribution is 7.92. The standard InChI is InChI=1S/C13H18ClNO5S/c1-5-20-13(16)9(2)15(21(4,17)18)11-8-10(14)6-7-12(11)19-3/h6-9H,5H2,1-4H3/t9-/m1/s1. The number of carbonyl (C=O) groups excluding carboxylic acids is 1. The molecule has 0 N–H and O–H groups in total. The van der Waals surface area contributed by atoms with E-state index in [2.05, 4.69) is 0 Å². The van der Waals surface area contributed by atoms with Gasteiger partial charge in [-0.3, -0.25) is 4.31 Å². The number of hydrogen-bond donors (Lipinski definition) is 0. The Bertz CT molecular complexity index is 617. The van der Waals surface area contributed by atoms with Crippen LogP contribution in [-0.4, -0.2) is 40.4 Å². The Labute approximate surface area is 129 Å². The molecule has 6 nitrogen and oxygen atoms in total. The summed E-state index contributed by atoms with van der Waals surface area (Å²) in [4.78, 5) is 11.9. The zero-order valence-corrected chi connectivity index (χ0v) is 13.9. The Balaban J connectivity index is 3.40. The highest BCUT2D eigenvalue weighted by Gasteiger charge is 2.32. The van der Waals surface area contributed by atoms with Gasteiger partial charge in [-0.2, -0.15) is 0 Å². The van der Waals surface area contributed by atoms with Crippen molar-refractivity contribution >= 4 is 33.3 Å². The predicted molar refractivity (Wildman–Crippen MR) is 81.4 cm³/mol. The zero-order valence-electron chi connectivity index (χ0n) is 12.3. The summed E-state index contributed by atoms with van der Waals surface area (Å²) in [6, 6.07) is 3.50. The van der Waals surface area contributed by atoms with Crippen molar-refractivity contribution in [3.63, 3.8) is 0 Å². The fourth-order valence-corrected chi connectivity index (χ4v) is 3.20. The average Bonchev–Trinajstić information content (AvgIpc) is 2.37. The molecule has 8 heteroatoms. The van der Waals surface area contributed by atoms with Gasteiger partial charge in [0, 0.05) is 5.02 Å². The Hall–Kier alpha value is -1.47. The van der Waals surface area contributed by atoms with E-state index in [1.807, 2.05) is 0 Å². The van der Waals surface area contributed by atoms with E-state index >= 15 is 0 Å². The Kier molecular flexibility index (Phi) is 5.86. The van der Waals surface area contributed by atoms with Gasteiger partial charge in [-0.05, 0) is 32.0 Å². The summed E-state index contributed by atoms with van der Waals surface area (Å²) in [5, 5.41) is 0.329. The number of sulfonamides is 1. The molecular formula is C13H18ClNO5S. The number of benzene rings is 1. The van der Waals surface area contributed by atoms with Gasteiger partial charge < -0.3 is 9.47 Å². The van der Waals surface area contributed by atoms with Gasteiger partial charge in [-0.25, -0.2) is 13.2 Å². The lowest BCUT2D eigenvalue weighted by Crippen LogP contribution is -2.44. The number of rotatable bonds is 6. The summed E-state index contributed by atoms with van der Waals surface area (Å²) in [6.07, 6.45) is 1.00. The molecule has 0 amide bonds. The van der Waals surface area contributed by atoms with E-state index in [0.717, 1.165) is 10.6 Å². The first kappa shape index (κ1) is 17.6. The van der Waals surface area contributed by atoms with E-state index in [-0.39, 0.29) is 12.3 Å². The van der Waals surface area contributed by atoms with Gasteiger partial charge in [-0.1, -0.05) is 11.6 Å². The van der Waals surface area contributed by atoms with Crippen LogP contribution in [0.15, 0.2) is 18.2 Å². The third kappa shape index (κ3) is 4.25. The topological polar surface area (TPSA) is 72.9 Å². The van der Waals surface area contributed by atoms with Crippen molar-refractivity contribution in [3.8, 4) is 5.75 Å².